The molecule has 0 radical (unpaired) electrons. The third-order valence-corrected chi connectivity index (χ3v) is 7.82. The predicted octanol–water partition coefficient (Wildman–Crippen LogP) is 7.38. The van der Waals surface area contributed by atoms with Crippen molar-refractivity contribution in [3.63, 3.8) is 0 Å². The Morgan fingerprint density at radius 3 is 2.17 bits per heavy atom. The number of primary amides is 1. The highest BCUT2D eigenvalue weighted by molar-refractivity contribution is 7.12. The molecule has 0 atom stereocenters. The van der Waals surface area contributed by atoms with Crippen molar-refractivity contribution in [2.24, 2.45) is 5.73 Å². The molecule has 8 heteroatoms. The first-order chi connectivity index (χ1) is 20.4. The van der Waals surface area contributed by atoms with Crippen molar-refractivity contribution >= 4 is 23.5 Å². The number of thiophene rings is 1. The number of nitrogens with two attached hydrogens (primary N) is 1. The topological polar surface area (TPSA) is 105 Å². The smallest absolute Gasteiger partial charge is 0.271 e. The van der Waals surface area contributed by atoms with Gasteiger partial charge in [-0.25, -0.2) is 0 Å². The van der Waals surface area contributed by atoms with Crippen LogP contribution in [0.5, 0.6) is 11.5 Å². The number of aromatic nitrogens is 1. The molecule has 0 unspecified atom stereocenters. The molecule has 5 aromatic rings. The summed E-state index contributed by atoms with van der Waals surface area (Å²) in [6.45, 7) is 5.09. The van der Waals surface area contributed by atoms with Crippen molar-refractivity contribution in [2.75, 3.05) is 0 Å². The van der Waals surface area contributed by atoms with Gasteiger partial charge in [0.2, 0.25) is 0 Å². The van der Waals surface area contributed by atoms with Crippen LogP contribution < -0.4 is 15.2 Å². The molecule has 0 aliphatic rings. The minimum absolute atomic E-state index is 0.0135. The number of carbonyl (C=O) groups excluding carboxylic acids is 2. The number of hydrogen-bond acceptors (Lipinski definition) is 7. The number of nitrogens with zero attached hydrogens (tertiary/aromatic N) is 1. The number of carbonyl (C=O) groups is 2. The van der Waals surface area contributed by atoms with Crippen molar-refractivity contribution in [1.82, 2.24) is 5.16 Å². The highest BCUT2D eigenvalue weighted by atomic mass is 32.1. The first-order valence-electron chi connectivity index (χ1n) is 13.8. The lowest BCUT2D eigenvalue weighted by molar-refractivity contribution is 0.0991. The highest BCUT2D eigenvalue weighted by Crippen LogP contribution is 2.37. The van der Waals surface area contributed by atoms with E-state index in [1.54, 1.807) is 11.4 Å². The van der Waals surface area contributed by atoms with Crippen molar-refractivity contribution in [1.29, 1.82) is 0 Å². The molecule has 0 spiro atoms. The summed E-state index contributed by atoms with van der Waals surface area (Å²) in [7, 11) is 0. The Kier molecular flexibility index (Phi) is 9.14. The van der Waals surface area contributed by atoms with Crippen LogP contribution in [0.2, 0.25) is 0 Å². The summed E-state index contributed by atoms with van der Waals surface area (Å²) in [5.41, 5.74) is 10.8. The van der Waals surface area contributed by atoms with E-state index in [0.29, 0.717) is 53.6 Å². The second-order valence-corrected chi connectivity index (χ2v) is 11.2. The zero-order valence-corrected chi connectivity index (χ0v) is 24.4. The fourth-order valence-electron chi connectivity index (χ4n) is 4.81. The molecule has 0 aliphatic carbocycles. The van der Waals surface area contributed by atoms with E-state index in [1.807, 2.05) is 66.7 Å². The minimum Gasteiger partial charge on any atom is -0.488 e. The summed E-state index contributed by atoms with van der Waals surface area (Å²) in [6, 6.07) is 25.9. The fraction of sp³-hybridized carbons (Fsp3) is 0.206. The standard InChI is InChI=1S/C34H32N2O5S/c1-22(2)27-17-25(13-14-28-32(33(34(35)38)36-41-28)26-15-16-42-31(26)19-37)29(39-20-23-9-5-3-6-10-23)18-30(27)40-21-24-11-7-4-8-12-24/h3-12,15-19,22H,13-14,20-21H2,1-2H3,(H2,35,38). The van der Waals surface area contributed by atoms with Gasteiger partial charge in [-0.05, 0) is 52.1 Å². The highest BCUT2D eigenvalue weighted by Gasteiger charge is 2.25. The Bertz CT molecular complexity index is 1660. The zero-order valence-electron chi connectivity index (χ0n) is 23.5. The van der Waals surface area contributed by atoms with E-state index < -0.39 is 5.91 Å². The minimum atomic E-state index is -0.711. The number of benzene rings is 3. The Labute approximate surface area is 248 Å². The van der Waals surface area contributed by atoms with Crippen LogP contribution in [0.3, 0.4) is 0 Å². The van der Waals surface area contributed by atoms with Crippen molar-refractivity contribution in [3.8, 4) is 22.6 Å². The second-order valence-electron chi connectivity index (χ2n) is 10.2. The van der Waals surface area contributed by atoms with Gasteiger partial charge in [-0.2, -0.15) is 0 Å². The lowest BCUT2D eigenvalue weighted by Gasteiger charge is -2.20. The van der Waals surface area contributed by atoms with Crippen molar-refractivity contribution in [3.05, 3.63) is 123 Å². The van der Waals surface area contributed by atoms with Crippen LogP contribution in [0.4, 0.5) is 0 Å². The van der Waals surface area contributed by atoms with Gasteiger partial charge in [-0.15, -0.1) is 11.3 Å². The van der Waals surface area contributed by atoms with Gasteiger partial charge < -0.3 is 19.7 Å². The number of rotatable bonds is 13. The Balaban J connectivity index is 1.48. The summed E-state index contributed by atoms with van der Waals surface area (Å²) in [5, 5.41) is 5.75. The van der Waals surface area contributed by atoms with Gasteiger partial charge >= 0.3 is 0 Å². The molecule has 5 rings (SSSR count). The molecule has 7 nitrogen and oxygen atoms in total. The lowest BCUT2D eigenvalue weighted by Crippen LogP contribution is -2.13. The maximum atomic E-state index is 12.2. The Hall–Kier alpha value is -4.69. The van der Waals surface area contributed by atoms with Crippen LogP contribution in [-0.4, -0.2) is 17.4 Å². The third-order valence-electron chi connectivity index (χ3n) is 6.98. The summed E-state index contributed by atoms with van der Waals surface area (Å²) in [6.07, 6.45) is 1.71. The number of ether oxygens (including phenoxy) is 2. The van der Waals surface area contributed by atoms with Gasteiger partial charge in [0.15, 0.2) is 12.0 Å². The Morgan fingerprint density at radius 2 is 1.57 bits per heavy atom. The molecule has 0 saturated carbocycles. The van der Waals surface area contributed by atoms with E-state index in [-0.39, 0.29) is 11.6 Å². The maximum absolute atomic E-state index is 12.2. The molecule has 0 saturated heterocycles. The molecule has 3 aromatic carbocycles. The van der Waals surface area contributed by atoms with E-state index in [9.17, 15) is 9.59 Å². The summed E-state index contributed by atoms with van der Waals surface area (Å²) in [4.78, 5) is 24.3. The van der Waals surface area contributed by atoms with E-state index in [4.69, 9.17) is 19.7 Å². The first kappa shape index (κ1) is 28.8. The molecular weight excluding hydrogens is 548 g/mol. The van der Waals surface area contributed by atoms with Crippen LogP contribution in [0.15, 0.2) is 88.8 Å². The van der Waals surface area contributed by atoms with Crippen LogP contribution >= 0.6 is 11.3 Å². The quantitative estimate of drug-likeness (QED) is 0.146. The average molecular weight is 581 g/mol. The normalized spacial score (nSPS) is 11.0. The van der Waals surface area contributed by atoms with Crippen LogP contribution in [0.25, 0.3) is 11.1 Å². The molecule has 2 N–H and O–H groups in total. The molecule has 2 heterocycles. The summed E-state index contributed by atoms with van der Waals surface area (Å²) < 4.78 is 18.3. The van der Waals surface area contributed by atoms with Crippen molar-refractivity contribution < 1.29 is 23.6 Å². The molecular formula is C34H32N2O5S. The van der Waals surface area contributed by atoms with E-state index in [0.717, 1.165) is 34.3 Å². The van der Waals surface area contributed by atoms with Gasteiger partial charge in [0.05, 0.1) is 10.4 Å². The van der Waals surface area contributed by atoms with Gasteiger partial charge in [-0.1, -0.05) is 79.7 Å². The molecule has 214 valence electrons. The SMILES string of the molecule is CC(C)c1cc(CCc2onc(C(N)=O)c2-c2ccsc2C=O)c(OCc2ccccc2)cc1OCc1ccccc1. The molecule has 2 aromatic heterocycles. The number of amides is 1. The monoisotopic (exact) mass is 580 g/mol. The van der Waals surface area contributed by atoms with Gasteiger partial charge in [0.25, 0.3) is 5.91 Å². The molecule has 42 heavy (non-hydrogen) atoms. The number of hydrogen-bond donors (Lipinski definition) is 1. The second kappa shape index (κ2) is 13.3. The largest absolute Gasteiger partial charge is 0.488 e. The third kappa shape index (κ3) is 6.61. The van der Waals surface area contributed by atoms with Crippen LogP contribution in [0, 0.1) is 0 Å². The number of aryl methyl sites for hydroxylation is 2. The van der Waals surface area contributed by atoms with Gasteiger partial charge in [-0.3, -0.25) is 9.59 Å². The van der Waals surface area contributed by atoms with E-state index >= 15 is 0 Å². The van der Waals surface area contributed by atoms with Crippen LogP contribution in [0.1, 0.15) is 67.9 Å². The molecule has 1 amide bonds. The van der Waals surface area contributed by atoms with Gasteiger partial charge in [0, 0.05) is 18.1 Å². The number of aldehydes is 1. The first-order valence-corrected chi connectivity index (χ1v) is 14.6. The lowest BCUT2D eigenvalue weighted by atomic mass is 9.95. The summed E-state index contributed by atoms with van der Waals surface area (Å²) >= 11 is 1.28. The molecule has 0 fully saturated rings. The van der Waals surface area contributed by atoms with E-state index in [2.05, 4.69) is 25.1 Å². The maximum Gasteiger partial charge on any atom is 0.271 e. The van der Waals surface area contributed by atoms with Gasteiger partial charge in [0.1, 0.15) is 30.5 Å². The predicted molar refractivity (Wildman–Crippen MR) is 163 cm³/mol. The van der Waals surface area contributed by atoms with Crippen molar-refractivity contribution in [2.45, 2.75) is 45.8 Å². The fourth-order valence-corrected chi connectivity index (χ4v) is 5.51. The molecule has 0 aliphatic heterocycles. The van der Waals surface area contributed by atoms with E-state index in [1.165, 1.54) is 11.3 Å². The average Bonchev–Trinajstić information content (AvgIpc) is 3.65. The van der Waals surface area contributed by atoms with Crippen LogP contribution in [-0.2, 0) is 26.1 Å². The Morgan fingerprint density at radius 1 is 0.929 bits per heavy atom. The zero-order chi connectivity index (χ0) is 29.5. The molecule has 0 bridgehead atoms. The summed E-state index contributed by atoms with van der Waals surface area (Å²) in [5.74, 6) is 1.44.